The maximum atomic E-state index is 5.85. The molecule has 0 amide bonds. The molecule has 2 saturated heterocycles. The summed E-state index contributed by atoms with van der Waals surface area (Å²) in [4.78, 5) is 6.94. The Morgan fingerprint density at radius 1 is 1.39 bits per heavy atom. The van der Waals surface area contributed by atoms with Crippen LogP contribution in [0.1, 0.15) is 25.5 Å². The molecule has 2 atom stereocenters. The van der Waals surface area contributed by atoms with Crippen LogP contribution in [-0.4, -0.2) is 41.7 Å². The summed E-state index contributed by atoms with van der Waals surface area (Å²) in [7, 11) is 0. The van der Waals surface area contributed by atoms with E-state index in [9.17, 15) is 0 Å². The average molecular weight is 247 g/mol. The molecule has 0 spiro atoms. The van der Waals surface area contributed by atoms with Crippen LogP contribution >= 0.6 is 0 Å². The predicted molar refractivity (Wildman–Crippen MR) is 71.6 cm³/mol. The molecule has 1 aromatic heterocycles. The van der Waals surface area contributed by atoms with Crippen molar-refractivity contribution in [1.29, 1.82) is 0 Å². The highest BCUT2D eigenvalue weighted by atomic mass is 16.5. The molecule has 3 heterocycles. The molecule has 0 aromatic carbocycles. The maximum Gasteiger partial charge on any atom is 0.0707 e. The number of rotatable bonds is 4. The van der Waals surface area contributed by atoms with E-state index in [2.05, 4.69) is 28.2 Å². The molecule has 4 heteroatoms. The summed E-state index contributed by atoms with van der Waals surface area (Å²) in [6.45, 7) is 6.12. The largest absolute Gasteiger partial charge is 0.385 e. The standard InChI is InChI=1S/C14H21N3O/c1-2-15-11-5-6-16-12(7-11)8-17-9-13-3-4-14(10-17)18-13/h5-7,13-14H,2-4,8-10H2,1H3,(H,15,16). The van der Waals surface area contributed by atoms with Gasteiger partial charge in [-0.3, -0.25) is 9.88 Å². The lowest BCUT2D eigenvalue weighted by Gasteiger charge is -2.31. The Morgan fingerprint density at radius 2 is 2.17 bits per heavy atom. The number of nitrogens with one attached hydrogen (secondary N) is 1. The van der Waals surface area contributed by atoms with Gasteiger partial charge in [-0.25, -0.2) is 0 Å². The molecule has 1 aromatic rings. The molecule has 2 unspecified atom stereocenters. The van der Waals surface area contributed by atoms with Crippen molar-refractivity contribution in [3.05, 3.63) is 24.0 Å². The van der Waals surface area contributed by atoms with Gasteiger partial charge in [0.05, 0.1) is 17.9 Å². The Bertz CT molecular complexity index is 398. The monoisotopic (exact) mass is 247 g/mol. The molecular weight excluding hydrogens is 226 g/mol. The lowest BCUT2D eigenvalue weighted by molar-refractivity contribution is -0.0413. The summed E-state index contributed by atoms with van der Waals surface area (Å²) in [6.07, 6.45) is 5.27. The fraction of sp³-hybridized carbons (Fsp3) is 0.643. The molecule has 0 radical (unpaired) electrons. The van der Waals surface area contributed by atoms with Crippen LogP contribution in [0.3, 0.4) is 0 Å². The highest BCUT2D eigenvalue weighted by Crippen LogP contribution is 2.27. The van der Waals surface area contributed by atoms with E-state index >= 15 is 0 Å². The van der Waals surface area contributed by atoms with E-state index < -0.39 is 0 Å². The van der Waals surface area contributed by atoms with E-state index in [1.165, 1.54) is 18.5 Å². The van der Waals surface area contributed by atoms with Crippen molar-refractivity contribution in [2.45, 2.75) is 38.5 Å². The Labute approximate surface area is 108 Å². The fourth-order valence-corrected chi connectivity index (χ4v) is 2.94. The number of fused-ring (bicyclic) bond motifs is 2. The number of aromatic nitrogens is 1. The minimum absolute atomic E-state index is 0.459. The molecular formula is C14H21N3O. The molecule has 98 valence electrons. The second-order valence-electron chi connectivity index (χ2n) is 5.22. The molecule has 2 fully saturated rings. The first-order valence-corrected chi connectivity index (χ1v) is 6.90. The van der Waals surface area contributed by atoms with Crippen molar-refractivity contribution in [2.75, 3.05) is 25.0 Å². The van der Waals surface area contributed by atoms with Crippen LogP contribution in [0.15, 0.2) is 18.3 Å². The second-order valence-corrected chi connectivity index (χ2v) is 5.22. The number of pyridine rings is 1. The van der Waals surface area contributed by atoms with E-state index in [-0.39, 0.29) is 0 Å². The SMILES string of the molecule is CCNc1ccnc(CN2CC3CCC(C2)O3)c1. The minimum Gasteiger partial charge on any atom is -0.385 e. The number of nitrogens with zero attached hydrogens (tertiary/aromatic N) is 2. The van der Waals surface area contributed by atoms with Gasteiger partial charge in [0, 0.05) is 38.1 Å². The van der Waals surface area contributed by atoms with Gasteiger partial charge >= 0.3 is 0 Å². The van der Waals surface area contributed by atoms with Crippen molar-refractivity contribution < 1.29 is 4.74 Å². The van der Waals surface area contributed by atoms with Crippen molar-refractivity contribution in [1.82, 2.24) is 9.88 Å². The van der Waals surface area contributed by atoms with Gasteiger partial charge in [0.2, 0.25) is 0 Å². The molecule has 2 aliphatic rings. The van der Waals surface area contributed by atoms with Crippen molar-refractivity contribution in [2.24, 2.45) is 0 Å². The molecule has 3 rings (SSSR count). The van der Waals surface area contributed by atoms with Crippen molar-refractivity contribution >= 4 is 5.69 Å². The van der Waals surface area contributed by atoms with E-state index in [1.807, 2.05) is 12.3 Å². The molecule has 0 aliphatic carbocycles. The van der Waals surface area contributed by atoms with E-state index in [1.54, 1.807) is 0 Å². The van der Waals surface area contributed by atoms with Crippen molar-refractivity contribution in [3.8, 4) is 0 Å². The fourth-order valence-electron chi connectivity index (χ4n) is 2.94. The van der Waals surface area contributed by atoms with E-state index in [0.29, 0.717) is 12.2 Å². The van der Waals surface area contributed by atoms with Gasteiger partial charge in [-0.1, -0.05) is 0 Å². The first-order valence-electron chi connectivity index (χ1n) is 6.90. The van der Waals surface area contributed by atoms with Crippen molar-refractivity contribution in [3.63, 3.8) is 0 Å². The average Bonchev–Trinajstić information content (AvgIpc) is 2.70. The number of ether oxygens (including phenoxy) is 1. The molecule has 18 heavy (non-hydrogen) atoms. The van der Waals surface area contributed by atoms with Crippen LogP contribution < -0.4 is 5.32 Å². The van der Waals surface area contributed by atoms with E-state index in [4.69, 9.17) is 4.74 Å². The number of hydrogen-bond acceptors (Lipinski definition) is 4. The zero-order chi connectivity index (χ0) is 12.4. The molecule has 1 N–H and O–H groups in total. The van der Waals surface area contributed by atoms with Gasteiger partial charge in [0.1, 0.15) is 0 Å². The third kappa shape index (κ3) is 2.65. The summed E-state index contributed by atoms with van der Waals surface area (Å²) in [5.41, 5.74) is 2.31. The Morgan fingerprint density at radius 3 is 2.89 bits per heavy atom. The first-order chi connectivity index (χ1) is 8.83. The van der Waals surface area contributed by atoms with Gasteiger partial charge in [-0.05, 0) is 31.9 Å². The zero-order valence-corrected chi connectivity index (χ0v) is 10.9. The Hall–Kier alpha value is -1.13. The van der Waals surface area contributed by atoms with Gasteiger partial charge < -0.3 is 10.1 Å². The minimum atomic E-state index is 0.459. The van der Waals surface area contributed by atoms with Crippen LogP contribution in [-0.2, 0) is 11.3 Å². The van der Waals surface area contributed by atoms with Gasteiger partial charge in [0.15, 0.2) is 0 Å². The topological polar surface area (TPSA) is 37.4 Å². The Kier molecular flexibility index (Phi) is 3.48. The normalized spacial score (nSPS) is 27.4. The van der Waals surface area contributed by atoms with Crippen LogP contribution in [0, 0.1) is 0 Å². The third-order valence-electron chi connectivity index (χ3n) is 3.70. The van der Waals surface area contributed by atoms with Crippen LogP contribution in [0.4, 0.5) is 5.69 Å². The molecule has 0 saturated carbocycles. The summed E-state index contributed by atoms with van der Waals surface area (Å²) >= 11 is 0. The number of anilines is 1. The van der Waals surface area contributed by atoms with Gasteiger partial charge in [-0.15, -0.1) is 0 Å². The highest BCUT2D eigenvalue weighted by Gasteiger charge is 2.33. The van der Waals surface area contributed by atoms with Gasteiger partial charge in [-0.2, -0.15) is 0 Å². The Balaban J connectivity index is 1.63. The molecule has 4 nitrogen and oxygen atoms in total. The highest BCUT2D eigenvalue weighted by molar-refractivity contribution is 5.42. The van der Waals surface area contributed by atoms with Crippen LogP contribution in [0.2, 0.25) is 0 Å². The second kappa shape index (κ2) is 5.24. The van der Waals surface area contributed by atoms with E-state index in [0.717, 1.165) is 31.9 Å². The molecule has 2 bridgehead atoms. The maximum absolute atomic E-state index is 5.85. The smallest absolute Gasteiger partial charge is 0.0707 e. The van der Waals surface area contributed by atoms with Crippen LogP contribution in [0.5, 0.6) is 0 Å². The first kappa shape index (κ1) is 11.9. The quantitative estimate of drug-likeness (QED) is 0.881. The number of hydrogen-bond donors (Lipinski definition) is 1. The summed E-state index contributed by atoms with van der Waals surface area (Å²) in [5.74, 6) is 0. The number of morpholine rings is 1. The summed E-state index contributed by atoms with van der Waals surface area (Å²) in [5, 5.41) is 3.33. The third-order valence-corrected chi connectivity index (χ3v) is 3.70. The lowest BCUT2D eigenvalue weighted by Crippen LogP contribution is -2.42. The predicted octanol–water partition coefficient (Wildman–Crippen LogP) is 1.88. The van der Waals surface area contributed by atoms with Crippen LogP contribution in [0.25, 0.3) is 0 Å². The number of likely N-dealkylation sites (tertiary alicyclic amines) is 1. The lowest BCUT2D eigenvalue weighted by atomic mass is 10.2. The molecule has 2 aliphatic heterocycles. The zero-order valence-electron chi connectivity index (χ0n) is 10.9. The summed E-state index contributed by atoms with van der Waals surface area (Å²) in [6, 6.07) is 4.18. The summed E-state index contributed by atoms with van der Waals surface area (Å²) < 4.78 is 5.85. The van der Waals surface area contributed by atoms with Gasteiger partial charge in [0.25, 0.3) is 0 Å².